The molecule has 184 valence electrons. The number of nitrogens with zero attached hydrogens (tertiary/aromatic N) is 3. The summed E-state index contributed by atoms with van der Waals surface area (Å²) in [6.07, 6.45) is 0.249. The number of carbonyl (C=O) groups is 2. The third-order valence-electron chi connectivity index (χ3n) is 5.37. The maximum absolute atomic E-state index is 13.0. The molecule has 1 aliphatic rings. The summed E-state index contributed by atoms with van der Waals surface area (Å²) < 4.78 is 22.7. The van der Waals surface area contributed by atoms with Gasteiger partial charge in [-0.05, 0) is 45.0 Å². The molecular weight excluding hydrogens is 452 g/mol. The average molecular weight is 481 g/mol. The summed E-state index contributed by atoms with van der Waals surface area (Å²) in [5, 5.41) is 10.6. The van der Waals surface area contributed by atoms with E-state index in [0.29, 0.717) is 49.5 Å². The molecule has 1 aromatic heterocycles. The zero-order valence-corrected chi connectivity index (χ0v) is 19.9. The van der Waals surface area contributed by atoms with E-state index in [-0.39, 0.29) is 29.8 Å². The van der Waals surface area contributed by atoms with Crippen LogP contribution in [-0.2, 0) is 4.79 Å². The molecular formula is C25H28N4O6. The number of anilines is 2. The molecule has 1 atom stereocenters. The van der Waals surface area contributed by atoms with E-state index in [1.54, 1.807) is 17.0 Å². The van der Waals surface area contributed by atoms with Crippen LogP contribution in [0.5, 0.6) is 17.2 Å². The Bertz CT molecular complexity index is 1150. The molecule has 10 nitrogen and oxygen atoms in total. The standard InChI is InChI=1S/C25H28N4O6/c1-4-32-19-12-16(13-20(33-5-2)22(19)34-6-3)23(31)26-25-28-27-24(35-25)17-14-21(30)29(15-17)18-10-8-7-9-11-18/h7-13,17H,4-6,14-15H2,1-3H3,(H,26,28,31). The van der Waals surface area contributed by atoms with Gasteiger partial charge in [-0.3, -0.25) is 14.9 Å². The Morgan fingerprint density at radius 3 is 2.31 bits per heavy atom. The fraction of sp³-hybridized carbons (Fsp3) is 0.360. The zero-order valence-electron chi connectivity index (χ0n) is 19.9. The first-order chi connectivity index (χ1) is 17.0. The van der Waals surface area contributed by atoms with Crippen molar-refractivity contribution in [3.8, 4) is 17.2 Å². The van der Waals surface area contributed by atoms with Gasteiger partial charge in [0.2, 0.25) is 17.5 Å². The van der Waals surface area contributed by atoms with Crippen LogP contribution in [0.15, 0.2) is 46.9 Å². The Morgan fingerprint density at radius 1 is 1.03 bits per heavy atom. The smallest absolute Gasteiger partial charge is 0.322 e. The molecule has 1 aliphatic heterocycles. The number of hydrogen-bond donors (Lipinski definition) is 1. The predicted molar refractivity (Wildman–Crippen MR) is 128 cm³/mol. The van der Waals surface area contributed by atoms with Gasteiger partial charge in [0, 0.05) is 24.2 Å². The second kappa shape index (κ2) is 10.9. The summed E-state index contributed by atoms with van der Waals surface area (Å²) in [5.74, 6) is 0.792. The lowest BCUT2D eigenvalue weighted by molar-refractivity contribution is -0.117. The molecule has 0 spiro atoms. The van der Waals surface area contributed by atoms with Gasteiger partial charge >= 0.3 is 6.01 Å². The van der Waals surface area contributed by atoms with E-state index in [9.17, 15) is 9.59 Å². The van der Waals surface area contributed by atoms with Crippen molar-refractivity contribution in [3.05, 3.63) is 53.9 Å². The number of hydrogen-bond acceptors (Lipinski definition) is 8. The summed E-state index contributed by atoms with van der Waals surface area (Å²) in [7, 11) is 0. The van der Waals surface area contributed by atoms with Crippen LogP contribution in [-0.4, -0.2) is 48.4 Å². The van der Waals surface area contributed by atoms with E-state index in [1.807, 2.05) is 51.1 Å². The molecule has 0 bridgehead atoms. The normalized spacial score (nSPS) is 15.2. The van der Waals surface area contributed by atoms with Gasteiger partial charge in [-0.1, -0.05) is 23.3 Å². The molecule has 35 heavy (non-hydrogen) atoms. The lowest BCUT2D eigenvalue weighted by Gasteiger charge is -2.16. The van der Waals surface area contributed by atoms with Gasteiger partial charge in [-0.2, -0.15) is 0 Å². The Balaban J connectivity index is 1.49. The molecule has 2 amide bonds. The summed E-state index contributed by atoms with van der Waals surface area (Å²) in [6.45, 7) is 7.17. The van der Waals surface area contributed by atoms with Gasteiger partial charge in [0.1, 0.15) is 0 Å². The van der Waals surface area contributed by atoms with Crippen molar-refractivity contribution in [2.45, 2.75) is 33.1 Å². The van der Waals surface area contributed by atoms with Crippen molar-refractivity contribution < 1.29 is 28.2 Å². The maximum Gasteiger partial charge on any atom is 0.322 e. The minimum absolute atomic E-state index is 0.0220. The Morgan fingerprint density at radius 2 is 1.69 bits per heavy atom. The third-order valence-corrected chi connectivity index (χ3v) is 5.37. The van der Waals surface area contributed by atoms with Gasteiger partial charge in [0.15, 0.2) is 11.5 Å². The number of carbonyl (C=O) groups excluding carboxylic acids is 2. The van der Waals surface area contributed by atoms with Crippen LogP contribution in [0.4, 0.5) is 11.7 Å². The molecule has 1 saturated heterocycles. The molecule has 10 heteroatoms. The van der Waals surface area contributed by atoms with Crippen LogP contribution < -0.4 is 24.4 Å². The number of ether oxygens (including phenoxy) is 3. The Hall–Kier alpha value is -4.08. The van der Waals surface area contributed by atoms with Gasteiger partial charge in [0.25, 0.3) is 5.91 Å². The van der Waals surface area contributed by atoms with Crippen LogP contribution in [0, 0.1) is 0 Å². The summed E-state index contributed by atoms with van der Waals surface area (Å²) in [4.78, 5) is 27.2. The number of nitrogens with one attached hydrogen (secondary N) is 1. The van der Waals surface area contributed by atoms with Gasteiger partial charge in [0.05, 0.1) is 25.7 Å². The second-order valence-electron chi connectivity index (χ2n) is 7.74. The van der Waals surface area contributed by atoms with E-state index in [1.165, 1.54) is 0 Å². The predicted octanol–water partition coefficient (Wildman–Crippen LogP) is 4.04. The first-order valence-corrected chi connectivity index (χ1v) is 11.6. The highest BCUT2D eigenvalue weighted by Gasteiger charge is 2.35. The topological polar surface area (TPSA) is 116 Å². The Kier molecular flexibility index (Phi) is 7.49. The van der Waals surface area contributed by atoms with Gasteiger partial charge in [-0.25, -0.2) is 0 Å². The minimum atomic E-state index is -0.474. The molecule has 1 unspecified atom stereocenters. The monoisotopic (exact) mass is 480 g/mol. The van der Waals surface area contributed by atoms with Crippen molar-refractivity contribution in [2.24, 2.45) is 0 Å². The van der Waals surface area contributed by atoms with Crippen LogP contribution >= 0.6 is 0 Å². The van der Waals surface area contributed by atoms with E-state index < -0.39 is 5.91 Å². The molecule has 4 rings (SSSR count). The molecule has 2 aromatic carbocycles. The first kappa shape index (κ1) is 24.1. The van der Waals surface area contributed by atoms with Gasteiger partial charge in [-0.15, -0.1) is 5.10 Å². The van der Waals surface area contributed by atoms with Crippen molar-refractivity contribution >= 4 is 23.5 Å². The SMILES string of the molecule is CCOc1cc(C(=O)Nc2nnc(C3CC(=O)N(c4ccccc4)C3)o2)cc(OCC)c1OCC. The number of aromatic nitrogens is 2. The lowest BCUT2D eigenvalue weighted by atomic mass is 10.1. The molecule has 0 saturated carbocycles. The fourth-order valence-electron chi connectivity index (χ4n) is 3.87. The molecule has 0 aliphatic carbocycles. The van der Waals surface area contributed by atoms with Crippen LogP contribution in [0.2, 0.25) is 0 Å². The minimum Gasteiger partial charge on any atom is -0.490 e. The maximum atomic E-state index is 13.0. The van der Waals surface area contributed by atoms with Crippen molar-refractivity contribution in [1.29, 1.82) is 0 Å². The Labute approximate surface area is 203 Å². The fourth-order valence-corrected chi connectivity index (χ4v) is 3.87. The number of benzene rings is 2. The highest BCUT2D eigenvalue weighted by molar-refractivity contribution is 6.04. The average Bonchev–Trinajstić information content (AvgIpc) is 3.48. The molecule has 0 radical (unpaired) electrons. The van der Waals surface area contributed by atoms with E-state index in [2.05, 4.69) is 15.5 Å². The molecule has 1 N–H and O–H groups in total. The quantitative estimate of drug-likeness (QED) is 0.462. The molecule has 2 heterocycles. The molecule has 3 aromatic rings. The summed E-state index contributed by atoms with van der Waals surface area (Å²) in [6, 6.07) is 12.5. The highest BCUT2D eigenvalue weighted by atomic mass is 16.5. The largest absolute Gasteiger partial charge is 0.490 e. The number of amides is 2. The van der Waals surface area contributed by atoms with Crippen molar-refractivity contribution in [3.63, 3.8) is 0 Å². The first-order valence-electron chi connectivity index (χ1n) is 11.6. The van der Waals surface area contributed by atoms with Crippen LogP contribution in [0.25, 0.3) is 0 Å². The van der Waals surface area contributed by atoms with Crippen molar-refractivity contribution in [1.82, 2.24) is 10.2 Å². The van der Waals surface area contributed by atoms with E-state index >= 15 is 0 Å². The van der Waals surface area contributed by atoms with Crippen LogP contribution in [0.1, 0.15) is 49.4 Å². The summed E-state index contributed by atoms with van der Waals surface area (Å²) >= 11 is 0. The third kappa shape index (κ3) is 5.37. The second-order valence-corrected chi connectivity index (χ2v) is 7.74. The molecule has 1 fully saturated rings. The van der Waals surface area contributed by atoms with Crippen molar-refractivity contribution in [2.75, 3.05) is 36.6 Å². The van der Waals surface area contributed by atoms with Gasteiger partial charge < -0.3 is 23.5 Å². The van der Waals surface area contributed by atoms with E-state index in [4.69, 9.17) is 18.6 Å². The number of rotatable bonds is 10. The lowest BCUT2D eigenvalue weighted by Crippen LogP contribution is -2.24. The van der Waals surface area contributed by atoms with E-state index in [0.717, 1.165) is 5.69 Å². The highest BCUT2D eigenvalue weighted by Crippen LogP contribution is 2.39. The zero-order chi connectivity index (χ0) is 24.8. The number of para-hydroxylation sites is 1. The van der Waals surface area contributed by atoms with Crippen LogP contribution in [0.3, 0.4) is 0 Å². The summed E-state index contributed by atoms with van der Waals surface area (Å²) in [5.41, 5.74) is 1.10.